The number of aromatic nitrogens is 2. The maximum absolute atomic E-state index is 16.9. The third kappa shape index (κ3) is 11.2. The van der Waals surface area contributed by atoms with Crippen molar-refractivity contribution in [2.24, 2.45) is 0 Å². The number of ether oxygens (including phenoxy) is 1. The summed E-state index contributed by atoms with van der Waals surface area (Å²) in [6.45, 7) is 33.5. The predicted octanol–water partition coefficient (Wildman–Crippen LogP) is 21.2. The molecule has 1 aliphatic heterocycles. The van der Waals surface area contributed by atoms with E-state index in [0.717, 1.165) is 61.0 Å². The molecule has 11 heteroatoms. The van der Waals surface area contributed by atoms with Crippen LogP contribution in [-0.2, 0) is 48.1 Å². The van der Waals surface area contributed by atoms with Crippen molar-refractivity contribution in [2.45, 2.75) is 131 Å². The summed E-state index contributed by atoms with van der Waals surface area (Å²) in [6, 6.07) is 53.3. The molecule has 0 saturated carbocycles. The van der Waals surface area contributed by atoms with Gasteiger partial charge < -0.3 is 19.1 Å². The van der Waals surface area contributed by atoms with Crippen molar-refractivity contribution in [3.63, 3.8) is 0 Å². The number of hydrogen-bond acceptors (Lipinski definition) is 4. The number of rotatable bonds is 8. The van der Waals surface area contributed by atoms with E-state index < -0.39 is 40.1 Å². The Labute approximate surface area is 511 Å². The summed E-state index contributed by atoms with van der Waals surface area (Å²) in [6.07, 6.45) is 1.85. The first-order valence-electron chi connectivity index (χ1n) is 28.6. The van der Waals surface area contributed by atoms with E-state index in [-0.39, 0.29) is 54.0 Å². The smallest absolute Gasteiger partial charge is 0.200 e. The number of benzene rings is 8. The first-order valence-corrected chi connectivity index (χ1v) is 28.6. The molecule has 11 rings (SSSR count). The summed E-state index contributed by atoms with van der Waals surface area (Å²) in [5, 5.41) is 2.01. The first-order chi connectivity index (χ1) is 39.4. The molecule has 0 fully saturated rings. The van der Waals surface area contributed by atoms with Crippen LogP contribution in [0.1, 0.15) is 132 Å². The van der Waals surface area contributed by atoms with Gasteiger partial charge in [-0.05, 0) is 114 Å². The Balaban J connectivity index is 0.00000803. The zero-order valence-corrected chi connectivity index (χ0v) is 53.1. The number of pyridine rings is 1. The zero-order chi connectivity index (χ0) is 60.3. The Morgan fingerprint density at radius 2 is 0.988 bits per heavy atom. The Morgan fingerprint density at radius 1 is 0.447 bits per heavy atom. The van der Waals surface area contributed by atoms with Gasteiger partial charge in [-0.25, -0.2) is 26.9 Å². The van der Waals surface area contributed by atoms with Gasteiger partial charge in [-0.3, -0.25) is 0 Å². The third-order valence-corrected chi connectivity index (χ3v) is 16.1. The van der Waals surface area contributed by atoms with E-state index in [1.54, 1.807) is 17.6 Å². The van der Waals surface area contributed by atoms with Gasteiger partial charge in [0.2, 0.25) is 5.82 Å². The van der Waals surface area contributed by atoms with Crippen molar-refractivity contribution in [1.82, 2.24) is 9.55 Å². The molecule has 8 aromatic carbocycles. The molecule has 440 valence electrons. The second-order valence-corrected chi connectivity index (χ2v) is 27.4. The number of anilines is 4. The molecule has 10 aromatic rings. The number of nitrogens with zero attached hydrogens (tertiary/aromatic N) is 4. The molecular weight excluding hydrogens is 1250 g/mol. The number of fused-ring (bicyclic) bond motifs is 4. The molecule has 0 bridgehead atoms. The fourth-order valence-electron chi connectivity index (χ4n) is 11.3. The van der Waals surface area contributed by atoms with Crippen molar-refractivity contribution in [3.8, 4) is 50.7 Å². The van der Waals surface area contributed by atoms with Gasteiger partial charge in [-0.1, -0.05) is 182 Å². The Hall–Kier alpha value is -7.55. The van der Waals surface area contributed by atoms with Gasteiger partial charge in [0.15, 0.2) is 23.3 Å². The van der Waals surface area contributed by atoms with Crippen LogP contribution in [0.2, 0.25) is 0 Å². The predicted molar refractivity (Wildman–Crippen MR) is 334 cm³/mol. The minimum atomic E-state index is -2.23. The molecule has 0 spiro atoms. The molecule has 2 aromatic heterocycles. The number of hydrogen-bond donors (Lipinski definition) is 0. The fraction of sp³-hybridized carbons (Fsp3) is 0.270. The summed E-state index contributed by atoms with van der Waals surface area (Å²) in [4.78, 5) is 8.62. The molecule has 0 aliphatic carbocycles. The number of halogens is 5. The molecule has 1 aliphatic rings. The maximum atomic E-state index is 16.9. The molecule has 0 atom stereocenters. The van der Waals surface area contributed by atoms with Gasteiger partial charge in [-0.15, -0.1) is 53.6 Å². The van der Waals surface area contributed by atoms with Gasteiger partial charge in [0, 0.05) is 72.5 Å². The van der Waals surface area contributed by atoms with Gasteiger partial charge >= 0.3 is 0 Å². The molecule has 0 saturated heterocycles. The van der Waals surface area contributed by atoms with Crippen LogP contribution >= 0.6 is 0 Å². The van der Waals surface area contributed by atoms with Crippen molar-refractivity contribution >= 4 is 44.6 Å². The Morgan fingerprint density at radius 3 is 1.61 bits per heavy atom. The van der Waals surface area contributed by atoms with Crippen molar-refractivity contribution in [3.05, 3.63) is 221 Å². The van der Waals surface area contributed by atoms with Gasteiger partial charge in [-0.2, -0.15) is 6.07 Å². The maximum Gasteiger partial charge on any atom is 0.200 e. The van der Waals surface area contributed by atoms with E-state index in [0.29, 0.717) is 45.3 Å². The molecule has 0 N–H and O–H groups in total. The van der Waals surface area contributed by atoms with E-state index in [4.69, 9.17) is 9.72 Å². The van der Waals surface area contributed by atoms with Gasteiger partial charge in [0.05, 0.1) is 5.56 Å². The van der Waals surface area contributed by atoms with Gasteiger partial charge in [0.25, 0.3) is 0 Å². The average molecular weight is 1320 g/mol. The largest absolute Gasteiger partial charge is 0.509 e. The molecular formula is C74H70F5N4OPt-3. The van der Waals surface area contributed by atoms with Crippen LogP contribution in [0.25, 0.3) is 61.0 Å². The van der Waals surface area contributed by atoms with Crippen LogP contribution in [0.3, 0.4) is 0 Å². The molecule has 0 amide bonds. The summed E-state index contributed by atoms with van der Waals surface area (Å²) in [5.41, 5.74) is 8.57. The van der Waals surface area contributed by atoms with Crippen molar-refractivity contribution in [2.75, 3.05) is 9.80 Å². The molecule has 0 radical (unpaired) electrons. The van der Waals surface area contributed by atoms with E-state index in [1.807, 2.05) is 117 Å². The molecule has 85 heavy (non-hydrogen) atoms. The molecule has 3 heterocycles. The standard InChI is InChI=1S/C74H70F5N4O.Pt/c1-70(2,3)45-30-31-80-62(39-45)83-58-25-19-17-23-53(58)54-29-28-50(41-61(54)83)84-51-35-44(52-22-16-18-24-57(52)74(13,14)15)34-49(40-51)81-42-82(60-27-21-20-26-59(60)81)69-55(43-32-46(71(4,5)6)36-47(33-43)72(7,8)9)37-48(73(10,11)12)38-56(69)63-64(75)66(77)68(79)67(78)65(63)76;/h16-39,42H,1-15H3;/q-3;. The van der Waals surface area contributed by atoms with Crippen LogP contribution in [0.5, 0.6) is 11.5 Å². The third-order valence-electron chi connectivity index (χ3n) is 16.1. The second kappa shape index (κ2) is 21.8. The van der Waals surface area contributed by atoms with Crippen LogP contribution in [0, 0.1) is 47.9 Å². The monoisotopic (exact) mass is 1320 g/mol. The Kier molecular flexibility index (Phi) is 15.5. The zero-order valence-electron chi connectivity index (χ0n) is 50.8. The van der Waals surface area contributed by atoms with Crippen LogP contribution in [0.4, 0.5) is 44.7 Å². The first kappa shape index (κ1) is 60.6. The second-order valence-electron chi connectivity index (χ2n) is 27.4. The van der Waals surface area contributed by atoms with Crippen molar-refractivity contribution < 1.29 is 47.8 Å². The van der Waals surface area contributed by atoms with Crippen molar-refractivity contribution in [1.29, 1.82) is 0 Å². The van der Waals surface area contributed by atoms with Crippen LogP contribution < -0.4 is 14.5 Å². The Bertz CT molecular complexity index is 4200. The minimum Gasteiger partial charge on any atom is -0.509 e. The fourth-order valence-corrected chi connectivity index (χ4v) is 11.3. The minimum absolute atomic E-state index is 0. The van der Waals surface area contributed by atoms with E-state index in [1.165, 1.54) is 0 Å². The summed E-state index contributed by atoms with van der Waals surface area (Å²) in [7, 11) is 0. The van der Waals surface area contributed by atoms with Gasteiger partial charge in [0.1, 0.15) is 5.82 Å². The average Bonchev–Trinajstić information content (AvgIpc) is 1.77. The van der Waals surface area contributed by atoms with Crippen LogP contribution in [0.15, 0.2) is 146 Å². The van der Waals surface area contributed by atoms with E-state index in [9.17, 15) is 0 Å². The van der Waals surface area contributed by atoms with E-state index in [2.05, 4.69) is 148 Å². The summed E-state index contributed by atoms with van der Waals surface area (Å²) < 4.78 is 89.6. The quantitative estimate of drug-likeness (QED) is 0.0657. The summed E-state index contributed by atoms with van der Waals surface area (Å²) in [5.74, 6) is -8.62. The summed E-state index contributed by atoms with van der Waals surface area (Å²) >= 11 is 0. The topological polar surface area (TPSA) is 33.5 Å². The van der Waals surface area contributed by atoms with E-state index >= 15 is 22.0 Å². The number of para-hydroxylation sites is 3. The normalized spacial score (nSPS) is 13.2. The van der Waals surface area contributed by atoms with Crippen LogP contribution in [-0.4, -0.2) is 9.55 Å². The molecule has 0 unspecified atom stereocenters. The molecule has 5 nitrogen and oxygen atoms in total. The SMILES string of the molecule is CC(C)(C)c1cc(-c2cc(C(C)(C)C)cc(-c3c(F)c(F)c(F)c(F)c3F)c2N2[CH-]N(c3[c-]c(Oc4[c-]c5c(cc4)c4ccccc4n5-c4cc(C(C)(C)C)ccn4)cc(-c4ccccc4C(C)(C)C)c3)c3ccccc32)cc(C(C)(C)C)c1.[Pt].